The Kier molecular flexibility index (Phi) is 3.62. The van der Waals surface area contributed by atoms with Crippen molar-refractivity contribution in [2.24, 2.45) is 5.41 Å². The van der Waals surface area contributed by atoms with Gasteiger partial charge < -0.3 is 5.73 Å². The van der Waals surface area contributed by atoms with Crippen LogP contribution in [-0.4, -0.2) is 25.8 Å². The highest BCUT2D eigenvalue weighted by Gasteiger charge is 2.35. The number of nitrogens with two attached hydrogens (primary N) is 1. The van der Waals surface area contributed by atoms with Crippen LogP contribution in [0.2, 0.25) is 0 Å². The van der Waals surface area contributed by atoms with Crippen LogP contribution in [0.1, 0.15) is 32.3 Å². The Hall–Kier alpha value is -1.07. The monoisotopic (exact) mass is 282 g/mol. The smallest absolute Gasteiger partial charge is 0.245 e. The molecule has 5 heteroatoms. The standard InChI is InChI=1S/C14H22N2O2S/c1-11-6-4-7-12(15)13(11)19(17,18)16-9-5-8-14(2,3)10-16/h4,6-7H,5,8-10,15H2,1-3H3. The molecule has 1 saturated heterocycles. The Bertz CT molecular complexity index is 559. The summed E-state index contributed by atoms with van der Waals surface area (Å²) >= 11 is 0. The van der Waals surface area contributed by atoms with Crippen LogP contribution < -0.4 is 5.73 Å². The molecule has 0 atom stereocenters. The first kappa shape index (κ1) is 14.3. The van der Waals surface area contributed by atoms with Crippen LogP contribution in [0.15, 0.2) is 23.1 Å². The van der Waals surface area contributed by atoms with E-state index in [2.05, 4.69) is 13.8 Å². The van der Waals surface area contributed by atoms with Gasteiger partial charge >= 0.3 is 0 Å². The summed E-state index contributed by atoms with van der Waals surface area (Å²) in [5.41, 5.74) is 6.95. The average Bonchev–Trinajstić information content (AvgIpc) is 2.27. The number of nitrogen functional groups attached to an aromatic ring is 1. The summed E-state index contributed by atoms with van der Waals surface area (Å²) in [5, 5.41) is 0. The second kappa shape index (κ2) is 4.80. The van der Waals surface area contributed by atoms with E-state index in [0.717, 1.165) is 12.8 Å². The van der Waals surface area contributed by atoms with Crippen molar-refractivity contribution < 1.29 is 8.42 Å². The maximum atomic E-state index is 12.8. The van der Waals surface area contributed by atoms with Gasteiger partial charge in [-0.1, -0.05) is 26.0 Å². The average molecular weight is 282 g/mol. The van der Waals surface area contributed by atoms with Crippen LogP contribution in [0.5, 0.6) is 0 Å². The maximum absolute atomic E-state index is 12.8. The van der Waals surface area contributed by atoms with E-state index in [-0.39, 0.29) is 10.3 Å². The molecule has 0 saturated carbocycles. The summed E-state index contributed by atoms with van der Waals surface area (Å²) in [4.78, 5) is 0.271. The van der Waals surface area contributed by atoms with Gasteiger partial charge in [0.05, 0.1) is 5.69 Å². The van der Waals surface area contributed by atoms with Crippen molar-refractivity contribution in [1.29, 1.82) is 0 Å². The van der Waals surface area contributed by atoms with E-state index in [1.807, 2.05) is 0 Å². The van der Waals surface area contributed by atoms with E-state index in [0.29, 0.717) is 24.3 Å². The molecule has 1 heterocycles. The van der Waals surface area contributed by atoms with Gasteiger partial charge in [-0.15, -0.1) is 0 Å². The minimum atomic E-state index is -3.49. The molecule has 0 bridgehead atoms. The lowest BCUT2D eigenvalue weighted by Crippen LogP contribution is -2.43. The zero-order chi connectivity index (χ0) is 14.3. The molecule has 0 unspecified atom stereocenters. The van der Waals surface area contributed by atoms with Crippen molar-refractivity contribution >= 4 is 15.7 Å². The molecule has 2 N–H and O–H groups in total. The molecule has 19 heavy (non-hydrogen) atoms. The largest absolute Gasteiger partial charge is 0.398 e. The van der Waals surface area contributed by atoms with Gasteiger partial charge in [0.2, 0.25) is 10.0 Å². The zero-order valence-electron chi connectivity index (χ0n) is 11.8. The Morgan fingerprint density at radius 2 is 2.00 bits per heavy atom. The Balaban J connectivity index is 2.43. The van der Waals surface area contributed by atoms with Crippen molar-refractivity contribution in [1.82, 2.24) is 4.31 Å². The summed E-state index contributed by atoms with van der Waals surface area (Å²) in [5.74, 6) is 0. The summed E-state index contributed by atoms with van der Waals surface area (Å²) in [6.07, 6.45) is 1.96. The molecule has 1 aliphatic heterocycles. The number of hydrogen-bond acceptors (Lipinski definition) is 3. The fraction of sp³-hybridized carbons (Fsp3) is 0.571. The van der Waals surface area contributed by atoms with E-state index in [4.69, 9.17) is 5.73 Å². The topological polar surface area (TPSA) is 63.4 Å². The molecule has 1 aromatic rings. The third-order valence-corrected chi connectivity index (χ3v) is 5.77. The maximum Gasteiger partial charge on any atom is 0.245 e. The molecule has 1 fully saturated rings. The first-order valence-electron chi connectivity index (χ1n) is 6.59. The molecule has 106 valence electrons. The van der Waals surface area contributed by atoms with E-state index < -0.39 is 10.0 Å². The number of rotatable bonds is 2. The minimum absolute atomic E-state index is 0.0305. The van der Waals surface area contributed by atoms with Gasteiger partial charge in [0, 0.05) is 13.1 Å². The van der Waals surface area contributed by atoms with Gasteiger partial charge in [-0.2, -0.15) is 4.31 Å². The molecule has 0 radical (unpaired) electrons. The minimum Gasteiger partial charge on any atom is -0.398 e. The highest BCUT2D eigenvalue weighted by atomic mass is 32.2. The fourth-order valence-corrected chi connectivity index (χ4v) is 4.72. The zero-order valence-corrected chi connectivity index (χ0v) is 12.6. The molecule has 1 aliphatic rings. The van der Waals surface area contributed by atoms with Crippen molar-refractivity contribution in [3.8, 4) is 0 Å². The number of anilines is 1. The Morgan fingerprint density at radius 1 is 1.32 bits per heavy atom. The number of piperidine rings is 1. The van der Waals surface area contributed by atoms with Crippen LogP contribution >= 0.6 is 0 Å². The van der Waals surface area contributed by atoms with E-state index >= 15 is 0 Å². The van der Waals surface area contributed by atoms with Crippen LogP contribution in [-0.2, 0) is 10.0 Å². The van der Waals surface area contributed by atoms with Crippen molar-refractivity contribution in [2.75, 3.05) is 18.8 Å². The summed E-state index contributed by atoms with van der Waals surface area (Å²) in [7, 11) is -3.49. The third-order valence-electron chi connectivity index (χ3n) is 3.71. The van der Waals surface area contributed by atoms with Crippen molar-refractivity contribution in [2.45, 2.75) is 38.5 Å². The molecular formula is C14H22N2O2S. The Morgan fingerprint density at radius 3 is 2.58 bits per heavy atom. The quantitative estimate of drug-likeness (QED) is 0.847. The van der Waals surface area contributed by atoms with E-state index in [1.54, 1.807) is 29.4 Å². The summed E-state index contributed by atoms with van der Waals surface area (Å²) in [6, 6.07) is 5.22. The summed E-state index contributed by atoms with van der Waals surface area (Å²) in [6.45, 7) is 7.15. The fourth-order valence-electron chi connectivity index (χ4n) is 2.73. The molecule has 0 aromatic heterocycles. The molecule has 1 aromatic carbocycles. The predicted molar refractivity (Wildman–Crippen MR) is 77.4 cm³/mol. The van der Waals surface area contributed by atoms with Crippen LogP contribution in [0.4, 0.5) is 5.69 Å². The number of benzene rings is 1. The molecule has 4 nitrogen and oxygen atoms in total. The lowest BCUT2D eigenvalue weighted by Gasteiger charge is -2.37. The van der Waals surface area contributed by atoms with Crippen molar-refractivity contribution in [3.05, 3.63) is 23.8 Å². The van der Waals surface area contributed by atoms with Gasteiger partial charge in [-0.05, 0) is 36.8 Å². The molecule has 0 amide bonds. The predicted octanol–water partition coefficient (Wildman–Crippen LogP) is 2.39. The van der Waals surface area contributed by atoms with Crippen LogP contribution in [0, 0.1) is 12.3 Å². The highest BCUT2D eigenvalue weighted by molar-refractivity contribution is 7.89. The number of nitrogens with zero attached hydrogens (tertiary/aromatic N) is 1. The Labute approximate surface area is 115 Å². The van der Waals surface area contributed by atoms with Crippen LogP contribution in [0.3, 0.4) is 0 Å². The molecule has 0 spiro atoms. The normalized spacial score (nSPS) is 20.4. The molecule has 2 rings (SSSR count). The number of hydrogen-bond donors (Lipinski definition) is 1. The van der Waals surface area contributed by atoms with Crippen molar-refractivity contribution in [3.63, 3.8) is 0 Å². The third kappa shape index (κ3) is 2.77. The summed E-state index contributed by atoms with van der Waals surface area (Å²) < 4.78 is 27.1. The van der Waals surface area contributed by atoms with E-state index in [1.165, 1.54) is 0 Å². The van der Waals surface area contributed by atoms with Gasteiger partial charge in [-0.25, -0.2) is 8.42 Å². The van der Waals surface area contributed by atoms with E-state index in [9.17, 15) is 8.42 Å². The first-order chi connectivity index (χ1) is 8.74. The SMILES string of the molecule is Cc1cccc(N)c1S(=O)(=O)N1CCCC(C)(C)C1. The highest BCUT2D eigenvalue weighted by Crippen LogP contribution is 2.34. The second-order valence-corrected chi connectivity index (χ2v) is 7.97. The lowest BCUT2D eigenvalue weighted by atomic mass is 9.85. The molecular weight excluding hydrogens is 260 g/mol. The van der Waals surface area contributed by atoms with Crippen LogP contribution in [0.25, 0.3) is 0 Å². The van der Waals surface area contributed by atoms with Gasteiger partial charge in [0.15, 0.2) is 0 Å². The lowest BCUT2D eigenvalue weighted by molar-refractivity contribution is 0.187. The number of sulfonamides is 1. The van der Waals surface area contributed by atoms with Gasteiger partial charge in [-0.3, -0.25) is 0 Å². The number of aryl methyl sites for hydroxylation is 1. The molecule has 0 aliphatic carbocycles. The van der Waals surface area contributed by atoms with Gasteiger partial charge in [0.25, 0.3) is 0 Å². The second-order valence-electron chi connectivity index (χ2n) is 6.10. The first-order valence-corrected chi connectivity index (χ1v) is 8.03. The van der Waals surface area contributed by atoms with Gasteiger partial charge in [0.1, 0.15) is 4.90 Å².